The van der Waals surface area contributed by atoms with E-state index < -0.39 is 4.92 Å². The van der Waals surface area contributed by atoms with Crippen molar-refractivity contribution in [1.82, 2.24) is 0 Å². The number of carbonyl (C=O) groups is 1. The number of rotatable bonds is 3. The molecule has 0 aliphatic heterocycles. The Morgan fingerprint density at radius 2 is 1.91 bits per heavy atom. The minimum Gasteiger partial charge on any atom is -0.451 e. The average molecular weight is 310 g/mol. The van der Waals surface area contributed by atoms with Crippen LogP contribution in [0.3, 0.4) is 0 Å². The molecule has 116 valence electrons. The number of amides is 1. The number of non-ortho nitro benzene ring substituents is 1. The molecule has 1 N–H and O–H groups in total. The molecule has 3 rings (SSSR count). The van der Waals surface area contributed by atoms with Crippen LogP contribution in [0.25, 0.3) is 11.0 Å². The van der Waals surface area contributed by atoms with Gasteiger partial charge in [-0.1, -0.05) is 18.2 Å². The van der Waals surface area contributed by atoms with Crippen molar-refractivity contribution in [2.75, 3.05) is 5.32 Å². The first-order valence-electron chi connectivity index (χ1n) is 7.02. The van der Waals surface area contributed by atoms with Crippen molar-refractivity contribution in [3.8, 4) is 0 Å². The molecule has 1 amide bonds. The highest BCUT2D eigenvalue weighted by molar-refractivity contribution is 6.06. The first kappa shape index (κ1) is 14.8. The zero-order chi connectivity index (χ0) is 16.6. The van der Waals surface area contributed by atoms with Crippen LogP contribution in [-0.2, 0) is 0 Å². The molecule has 2 aromatic carbocycles. The van der Waals surface area contributed by atoms with E-state index in [1.165, 1.54) is 18.2 Å². The molecule has 0 fully saturated rings. The van der Waals surface area contributed by atoms with E-state index in [2.05, 4.69) is 5.32 Å². The minimum absolute atomic E-state index is 0.0135. The molecular formula is C17H14N2O4. The molecule has 0 atom stereocenters. The van der Waals surface area contributed by atoms with Gasteiger partial charge in [0.05, 0.1) is 4.92 Å². The Balaban J connectivity index is 1.92. The lowest BCUT2D eigenvalue weighted by Gasteiger charge is -2.07. The summed E-state index contributed by atoms with van der Waals surface area (Å²) in [5.41, 5.74) is 2.52. The van der Waals surface area contributed by atoms with E-state index in [-0.39, 0.29) is 17.4 Å². The fraction of sp³-hybridized carbons (Fsp3) is 0.118. The van der Waals surface area contributed by atoms with Crippen molar-refractivity contribution in [3.05, 3.63) is 69.5 Å². The molecule has 0 saturated carbocycles. The molecule has 0 radical (unpaired) electrons. The van der Waals surface area contributed by atoms with Crippen LogP contribution in [0.5, 0.6) is 0 Å². The summed E-state index contributed by atoms with van der Waals surface area (Å²) in [4.78, 5) is 22.7. The molecule has 3 aromatic rings. The second-order valence-electron chi connectivity index (χ2n) is 5.26. The van der Waals surface area contributed by atoms with Crippen molar-refractivity contribution < 1.29 is 14.1 Å². The minimum atomic E-state index is -0.470. The number of carbonyl (C=O) groups excluding carboxylic acids is 1. The van der Waals surface area contributed by atoms with E-state index in [0.29, 0.717) is 16.8 Å². The summed E-state index contributed by atoms with van der Waals surface area (Å²) >= 11 is 0. The van der Waals surface area contributed by atoms with Crippen LogP contribution in [0.4, 0.5) is 11.4 Å². The average Bonchev–Trinajstić information content (AvgIpc) is 2.87. The number of nitro benzene ring substituents is 1. The Labute approximate surface area is 131 Å². The van der Waals surface area contributed by atoms with Gasteiger partial charge >= 0.3 is 0 Å². The van der Waals surface area contributed by atoms with Crippen LogP contribution in [-0.4, -0.2) is 10.8 Å². The molecular weight excluding hydrogens is 296 g/mol. The largest absolute Gasteiger partial charge is 0.451 e. The van der Waals surface area contributed by atoms with E-state index in [1.807, 2.05) is 25.1 Å². The van der Waals surface area contributed by atoms with Gasteiger partial charge in [-0.2, -0.15) is 0 Å². The number of hydrogen-bond acceptors (Lipinski definition) is 4. The number of fused-ring (bicyclic) bond motifs is 1. The summed E-state index contributed by atoms with van der Waals surface area (Å²) in [6.45, 7) is 3.53. The Morgan fingerprint density at radius 3 is 2.57 bits per heavy atom. The molecule has 0 unspecified atom stereocenters. The third-order valence-electron chi connectivity index (χ3n) is 3.72. The first-order valence-corrected chi connectivity index (χ1v) is 7.02. The van der Waals surface area contributed by atoms with E-state index in [1.54, 1.807) is 13.0 Å². The van der Waals surface area contributed by atoms with E-state index in [9.17, 15) is 14.9 Å². The Kier molecular flexibility index (Phi) is 3.57. The predicted octanol–water partition coefficient (Wildman–Crippen LogP) is 4.21. The summed E-state index contributed by atoms with van der Waals surface area (Å²) in [5, 5.41) is 14.4. The maximum atomic E-state index is 12.4. The van der Waals surface area contributed by atoms with Gasteiger partial charge in [-0.15, -0.1) is 0 Å². The topological polar surface area (TPSA) is 85.4 Å². The highest BCUT2D eigenvalue weighted by atomic mass is 16.6. The standard InChI is InChI=1S/C17H14N2O4/c1-10-9-12(19(21)22)7-8-14(10)18-17(20)16-11(2)13-5-3-4-6-15(13)23-16/h3-9H,1-2H3,(H,18,20). The van der Waals surface area contributed by atoms with Gasteiger partial charge in [0.25, 0.3) is 11.6 Å². The predicted molar refractivity (Wildman–Crippen MR) is 86.7 cm³/mol. The third-order valence-corrected chi connectivity index (χ3v) is 3.72. The van der Waals surface area contributed by atoms with Crippen molar-refractivity contribution >= 4 is 28.3 Å². The highest BCUT2D eigenvalue weighted by Crippen LogP contribution is 2.27. The molecule has 6 heteroatoms. The van der Waals surface area contributed by atoms with Crippen molar-refractivity contribution in [2.24, 2.45) is 0 Å². The second-order valence-corrected chi connectivity index (χ2v) is 5.26. The van der Waals surface area contributed by atoms with Crippen LogP contribution in [0.1, 0.15) is 21.7 Å². The number of para-hydroxylation sites is 1. The van der Waals surface area contributed by atoms with Crippen molar-refractivity contribution in [3.63, 3.8) is 0 Å². The van der Waals surface area contributed by atoms with Crippen LogP contribution < -0.4 is 5.32 Å². The Morgan fingerprint density at radius 1 is 1.17 bits per heavy atom. The van der Waals surface area contributed by atoms with E-state index >= 15 is 0 Å². The van der Waals surface area contributed by atoms with Gasteiger partial charge in [0.15, 0.2) is 5.76 Å². The Bertz CT molecular complexity index is 927. The van der Waals surface area contributed by atoms with Gasteiger partial charge in [0, 0.05) is 28.8 Å². The number of furan rings is 1. The summed E-state index contributed by atoms with van der Waals surface area (Å²) < 4.78 is 5.61. The Hall–Kier alpha value is -3.15. The number of nitrogens with one attached hydrogen (secondary N) is 1. The van der Waals surface area contributed by atoms with Gasteiger partial charge in [-0.3, -0.25) is 14.9 Å². The molecule has 1 aromatic heterocycles. The number of benzene rings is 2. The fourth-order valence-corrected chi connectivity index (χ4v) is 2.47. The summed E-state index contributed by atoms with van der Waals surface area (Å²) in [6, 6.07) is 11.7. The summed E-state index contributed by atoms with van der Waals surface area (Å²) in [6.07, 6.45) is 0. The molecule has 0 aliphatic rings. The number of hydrogen-bond donors (Lipinski definition) is 1. The normalized spacial score (nSPS) is 10.7. The van der Waals surface area contributed by atoms with Crippen LogP contribution in [0.2, 0.25) is 0 Å². The number of aryl methyl sites for hydroxylation is 2. The van der Waals surface area contributed by atoms with Gasteiger partial charge in [-0.05, 0) is 31.5 Å². The van der Waals surface area contributed by atoms with Gasteiger partial charge in [0.1, 0.15) is 5.58 Å². The van der Waals surface area contributed by atoms with Crippen LogP contribution >= 0.6 is 0 Å². The highest BCUT2D eigenvalue weighted by Gasteiger charge is 2.18. The lowest BCUT2D eigenvalue weighted by atomic mass is 10.1. The SMILES string of the molecule is Cc1cc([N+](=O)[O-])ccc1NC(=O)c1oc2ccccc2c1C. The first-order chi connectivity index (χ1) is 11.0. The molecule has 6 nitrogen and oxygen atoms in total. The molecule has 0 aliphatic carbocycles. The zero-order valence-electron chi connectivity index (χ0n) is 12.6. The van der Waals surface area contributed by atoms with Crippen LogP contribution in [0.15, 0.2) is 46.9 Å². The van der Waals surface area contributed by atoms with Gasteiger partial charge in [0.2, 0.25) is 0 Å². The van der Waals surface area contributed by atoms with Crippen LogP contribution in [0, 0.1) is 24.0 Å². The van der Waals surface area contributed by atoms with Crippen molar-refractivity contribution in [1.29, 1.82) is 0 Å². The molecule has 0 spiro atoms. The molecule has 0 bridgehead atoms. The third kappa shape index (κ3) is 2.66. The number of nitro groups is 1. The monoisotopic (exact) mass is 310 g/mol. The summed E-state index contributed by atoms with van der Waals surface area (Å²) in [7, 11) is 0. The molecule has 23 heavy (non-hydrogen) atoms. The second kappa shape index (κ2) is 5.57. The smallest absolute Gasteiger partial charge is 0.291 e. The molecule has 1 heterocycles. The number of anilines is 1. The van der Waals surface area contributed by atoms with Gasteiger partial charge in [-0.25, -0.2) is 0 Å². The summed E-state index contributed by atoms with van der Waals surface area (Å²) in [5.74, 6) is -0.139. The lowest BCUT2D eigenvalue weighted by Crippen LogP contribution is -2.13. The van der Waals surface area contributed by atoms with Gasteiger partial charge < -0.3 is 9.73 Å². The molecule has 0 saturated heterocycles. The zero-order valence-corrected chi connectivity index (χ0v) is 12.6. The van der Waals surface area contributed by atoms with E-state index in [4.69, 9.17) is 4.42 Å². The quantitative estimate of drug-likeness (QED) is 0.580. The van der Waals surface area contributed by atoms with Crippen molar-refractivity contribution in [2.45, 2.75) is 13.8 Å². The maximum Gasteiger partial charge on any atom is 0.291 e. The number of nitrogens with zero attached hydrogens (tertiary/aromatic N) is 1. The lowest BCUT2D eigenvalue weighted by molar-refractivity contribution is -0.384. The maximum absolute atomic E-state index is 12.4. The van der Waals surface area contributed by atoms with E-state index in [0.717, 1.165) is 10.9 Å². The fourth-order valence-electron chi connectivity index (χ4n) is 2.47.